The van der Waals surface area contributed by atoms with E-state index in [4.69, 9.17) is 9.26 Å². The third-order valence-electron chi connectivity index (χ3n) is 4.64. The molecule has 0 amide bonds. The highest BCUT2D eigenvalue weighted by Crippen LogP contribution is 2.32. The van der Waals surface area contributed by atoms with Crippen LogP contribution in [-0.4, -0.2) is 16.2 Å². The highest BCUT2D eigenvalue weighted by molar-refractivity contribution is 5.67. The van der Waals surface area contributed by atoms with E-state index in [-0.39, 0.29) is 6.10 Å². The van der Waals surface area contributed by atoms with E-state index in [1.54, 1.807) is 12.1 Å². The van der Waals surface area contributed by atoms with E-state index in [2.05, 4.69) is 41.7 Å². The lowest BCUT2D eigenvalue weighted by atomic mass is 10.0. The molecule has 0 saturated heterocycles. The molecule has 27 heavy (non-hydrogen) atoms. The Morgan fingerprint density at radius 3 is 2.85 bits per heavy atom. The van der Waals surface area contributed by atoms with Crippen LogP contribution in [0.25, 0.3) is 22.8 Å². The van der Waals surface area contributed by atoms with Gasteiger partial charge in [-0.25, -0.2) is 0 Å². The maximum Gasteiger partial charge on any atom is 0.258 e. The van der Waals surface area contributed by atoms with Crippen LogP contribution in [-0.2, 0) is 6.42 Å². The molecule has 0 bridgehead atoms. The quantitative estimate of drug-likeness (QED) is 0.665. The molecule has 1 aliphatic carbocycles. The molecule has 0 spiro atoms. The van der Waals surface area contributed by atoms with Crippen molar-refractivity contribution >= 4 is 0 Å². The fourth-order valence-electron chi connectivity index (χ4n) is 3.36. The van der Waals surface area contributed by atoms with Crippen LogP contribution in [0.15, 0.2) is 34.9 Å². The Morgan fingerprint density at radius 2 is 2.07 bits per heavy atom. The molecule has 135 valence electrons. The first kappa shape index (κ1) is 17.3. The summed E-state index contributed by atoms with van der Waals surface area (Å²) < 4.78 is 11.1. The number of fused-ring (bicyclic) bond motifs is 1. The number of aryl methyl sites for hydroxylation is 2. The molecule has 0 aliphatic heterocycles. The van der Waals surface area contributed by atoms with E-state index in [1.165, 1.54) is 11.1 Å². The summed E-state index contributed by atoms with van der Waals surface area (Å²) in [5.74, 6) is 1.52. The molecule has 0 saturated carbocycles. The fraction of sp³-hybridized carbons (Fsp3) is 0.273. The molecule has 0 unspecified atom stereocenters. The van der Waals surface area contributed by atoms with Crippen molar-refractivity contribution in [1.82, 2.24) is 10.1 Å². The Balaban J connectivity index is 1.68. The summed E-state index contributed by atoms with van der Waals surface area (Å²) in [6.07, 6.45) is 4.39. The van der Waals surface area contributed by atoms with Gasteiger partial charge in [-0.3, -0.25) is 0 Å². The number of nitriles is 1. The van der Waals surface area contributed by atoms with Crippen LogP contribution in [0.5, 0.6) is 5.75 Å². The van der Waals surface area contributed by atoms with Gasteiger partial charge in [0.2, 0.25) is 5.82 Å². The maximum atomic E-state index is 9.41. The number of aromatic nitrogens is 2. The number of hydrogen-bond donors (Lipinski definition) is 0. The third-order valence-corrected chi connectivity index (χ3v) is 4.64. The van der Waals surface area contributed by atoms with Crippen molar-refractivity contribution in [2.45, 2.75) is 39.7 Å². The zero-order valence-corrected chi connectivity index (χ0v) is 15.6. The molecule has 4 rings (SSSR count). The summed E-state index contributed by atoms with van der Waals surface area (Å²) in [5, 5.41) is 13.6. The fourth-order valence-corrected chi connectivity index (χ4v) is 3.36. The first-order valence-electron chi connectivity index (χ1n) is 9.07. The molecular weight excluding hydrogens is 338 g/mol. The van der Waals surface area contributed by atoms with Gasteiger partial charge in [-0.05, 0) is 81.0 Å². The first-order chi connectivity index (χ1) is 13.0. The molecule has 1 aliphatic rings. The highest BCUT2D eigenvalue weighted by Gasteiger charge is 2.18. The van der Waals surface area contributed by atoms with Crippen molar-refractivity contribution in [3.8, 4) is 34.7 Å². The Labute approximate surface area is 158 Å². The van der Waals surface area contributed by atoms with Gasteiger partial charge in [-0.2, -0.15) is 10.2 Å². The van der Waals surface area contributed by atoms with Crippen LogP contribution in [0.4, 0.5) is 0 Å². The van der Waals surface area contributed by atoms with Crippen molar-refractivity contribution in [3.63, 3.8) is 0 Å². The lowest BCUT2D eigenvalue weighted by Crippen LogP contribution is -2.06. The topological polar surface area (TPSA) is 71.9 Å². The van der Waals surface area contributed by atoms with Crippen molar-refractivity contribution in [2.75, 3.05) is 0 Å². The Bertz CT molecular complexity index is 1040. The number of ether oxygens (including phenoxy) is 1. The van der Waals surface area contributed by atoms with Crippen LogP contribution in [0.1, 0.15) is 42.5 Å². The lowest BCUT2D eigenvalue weighted by Gasteiger charge is -2.11. The number of hydrogen-bond acceptors (Lipinski definition) is 5. The predicted molar refractivity (Wildman–Crippen MR) is 102 cm³/mol. The molecule has 5 nitrogen and oxygen atoms in total. The zero-order valence-electron chi connectivity index (χ0n) is 15.6. The number of benzene rings is 2. The summed E-state index contributed by atoms with van der Waals surface area (Å²) >= 11 is 0. The predicted octanol–water partition coefficient (Wildman–Crippen LogP) is 4.87. The Hall–Kier alpha value is -3.13. The van der Waals surface area contributed by atoms with E-state index in [0.717, 1.165) is 24.0 Å². The van der Waals surface area contributed by atoms with Crippen molar-refractivity contribution in [1.29, 1.82) is 5.26 Å². The molecule has 2 aromatic carbocycles. The van der Waals surface area contributed by atoms with Gasteiger partial charge >= 0.3 is 0 Å². The molecule has 5 heteroatoms. The van der Waals surface area contributed by atoms with Crippen LogP contribution >= 0.6 is 0 Å². The molecule has 1 radical (unpaired) electrons. The molecule has 1 heterocycles. The summed E-state index contributed by atoms with van der Waals surface area (Å²) in [6, 6.07) is 11.8. The van der Waals surface area contributed by atoms with Gasteiger partial charge in [-0.15, -0.1) is 0 Å². The summed E-state index contributed by atoms with van der Waals surface area (Å²) in [7, 11) is 0. The minimum absolute atomic E-state index is 0.00186. The van der Waals surface area contributed by atoms with Gasteiger partial charge in [0, 0.05) is 11.1 Å². The van der Waals surface area contributed by atoms with Crippen LogP contribution in [0.3, 0.4) is 0 Å². The van der Waals surface area contributed by atoms with E-state index >= 15 is 0 Å². The van der Waals surface area contributed by atoms with Crippen LogP contribution in [0.2, 0.25) is 0 Å². The smallest absolute Gasteiger partial charge is 0.258 e. The van der Waals surface area contributed by atoms with Crippen molar-refractivity contribution in [2.24, 2.45) is 0 Å². The number of rotatable bonds is 4. The maximum absolute atomic E-state index is 9.41. The Morgan fingerprint density at radius 1 is 1.22 bits per heavy atom. The zero-order chi connectivity index (χ0) is 19.0. The standard InChI is InChI=1S/C22H20N3O2/c1-13(2)26-20-8-7-17(10-18(20)12-23)22-24-21(25-27-22)19-11-16-6-4-5-15(16)9-14(19)3/h5,7-11,13H,4,6H2,1-3H3. The van der Waals surface area contributed by atoms with Gasteiger partial charge in [0.15, 0.2) is 0 Å². The first-order valence-corrected chi connectivity index (χ1v) is 9.07. The molecule has 0 N–H and O–H groups in total. The second kappa shape index (κ2) is 6.88. The molecule has 3 aromatic rings. The van der Waals surface area contributed by atoms with Crippen molar-refractivity contribution < 1.29 is 9.26 Å². The summed E-state index contributed by atoms with van der Waals surface area (Å²) in [6.45, 7) is 5.91. The minimum Gasteiger partial charge on any atom is -0.490 e. The SMILES string of the molecule is Cc1cc2c(cc1-c1noc(-c3ccc(OC(C)C)c(C#N)c3)n1)CC[CH]2. The monoisotopic (exact) mass is 358 g/mol. The van der Waals surface area contributed by atoms with Crippen molar-refractivity contribution in [3.05, 3.63) is 59.0 Å². The molecule has 1 aromatic heterocycles. The normalized spacial score (nSPS) is 12.9. The highest BCUT2D eigenvalue weighted by atomic mass is 16.5. The molecular formula is C22H20N3O2. The second-order valence-electron chi connectivity index (χ2n) is 7.02. The van der Waals surface area contributed by atoms with Gasteiger partial charge in [0.1, 0.15) is 11.8 Å². The average molecular weight is 358 g/mol. The summed E-state index contributed by atoms with van der Waals surface area (Å²) in [5.41, 5.74) is 5.89. The number of nitrogens with zero attached hydrogens (tertiary/aromatic N) is 3. The lowest BCUT2D eigenvalue weighted by molar-refractivity contribution is 0.242. The van der Waals surface area contributed by atoms with Crippen LogP contribution in [0, 0.1) is 24.7 Å². The third kappa shape index (κ3) is 3.31. The molecule has 0 atom stereocenters. The second-order valence-corrected chi connectivity index (χ2v) is 7.02. The Kier molecular flexibility index (Phi) is 4.41. The largest absolute Gasteiger partial charge is 0.490 e. The summed E-state index contributed by atoms with van der Waals surface area (Å²) in [4.78, 5) is 4.56. The minimum atomic E-state index is -0.00186. The van der Waals surface area contributed by atoms with Gasteiger partial charge < -0.3 is 9.26 Å². The van der Waals surface area contributed by atoms with Gasteiger partial charge in [-0.1, -0.05) is 11.2 Å². The van der Waals surface area contributed by atoms with Gasteiger partial charge in [0.05, 0.1) is 11.7 Å². The van der Waals surface area contributed by atoms with E-state index in [1.807, 2.05) is 19.9 Å². The average Bonchev–Trinajstić information content (AvgIpc) is 3.29. The molecule has 0 fully saturated rings. The van der Waals surface area contributed by atoms with E-state index in [0.29, 0.717) is 28.6 Å². The van der Waals surface area contributed by atoms with E-state index < -0.39 is 0 Å². The van der Waals surface area contributed by atoms with Crippen LogP contribution < -0.4 is 4.74 Å². The van der Waals surface area contributed by atoms with Gasteiger partial charge in [0.25, 0.3) is 5.89 Å². The van der Waals surface area contributed by atoms with E-state index in [9.17, 15) is 5.26 Å².